The van der Waals surface area contributed by atoms with E-state index in [1.807, 2.05) is 0 Å². The molecule has 4 saturated carbocycles. The summed E-state index contributed by atoms with van der Waals surface area (Å²) in [4.78, 5) is 16.4. The summed E-state index contributed by atoms with van der Waals surface area (Å²) in [6.07, 6.45) is 9.99. The molecule has 0 bridgehead atoms. The number of nitrogens with zero attached hydrogens (tertiary/aromatic N) is 3. The lowest BCUT2D eigenvalue weighted by Crippen LogP contribution is -2.51. The summed E-state index contributed by atoms with van der Waals surface area (Å²) in [7, 11) is 0. The molecule has 0 N–H and O–H groups in total. The molecule has 1 aromatic heterocycles. The SMILES string of the molecule is CC1CCC2C(CCC3C2CCC2(C)C(C(=O)Cn4cc(C(F)(F)F)cn4)CC(CN4CCCC4)C32)C1. The first-order valence-corrected chi connectivity index (χ1v) is 15.0. The van der Waals surface area contributed by atoms with Gasteiger partial charge >= 0.3 is 6.18 Å². The molecule has 37 heavy (non-hydrogen) atoms. The molecular weight excluding hydrogens is 475 g/mol. The van der Waals surface area contributed by atoms with Gasteiger partial charge in [0.15, 0.2) is 5.78 Å². The fourth-order valence-electron chi connectivity index (χ4n) is 10.2. The van der Waals surface area contributed by atoms with Crippen molar-refractivity contribution < 1.29 is 18.0 Å². The minimum absolute atomic E-state index is 0.0442. The lowest BCUT2D eigenvalue weighted by Gasteiger charge is -2.57. The van der Waals surface area contributed by atoms with Crippen LogP contribution < -0.4 is 0 Å². The monoisotopic (exact) mass is 519 g/mol. The molecule has 7 heteroatoms. The van der Waals surface area contributed by atoms with Crippen LogP contribution in [0.2, 0.25) is 0 Å². The van der Waals surface area contributed by atoms with Crippen LogP contribution in [0.25, 0.3) is 0 Å². The second kappa shape index (κ2) is 9.67. The predicted octanol–water partition coefficient (Wildman–Crippen LogP) is 6.70. The lowest BCUT2D eigenvalue weighted by molar-refractivity contribution is -0.138. The predicted molar refractivity (Wildman–Crippen MR) is 137 cm³/mol. The molecule has 4 nitrogen and oxygen atoms in total. The van der Waals surface area contributed by atoms with Crippen LogP contribution in [0.4, 0.5) is 13.2 Å². The molecule has 1 saturated heterocycles. The van der Waals surface area contributed by atoms with Crippen molar-refractivity contribution in [3.63, 3.8) is 0 Å². The van der Waals surface area contributed by atoms with Crippen LogP contribution in [0.1, 0.15) is 83.6 Å². The number of halogens is 3. The number of fused-ring (bicyclic) bond motifs is 5. The standard InChI is InChI=1S/C30H44F3N3O/c1-19-5-7-23-20(13-19)6-8-25-24(23)9-10-29(2)26(14-21(28(25)29)16-35-11-3-4-12-35)27(37)18-36-17-22(15-34-36)30(31,32)33/h15,17,19-21,23-26,28H,3-14,16,18H2,1-2H3. The van der Waals surface area contributed by atoms with Gasteiger partial charge in [-0.2, -0.15) is 18.3 Å². The number of carbonyl (C=O) groups excluding carboxylic acids is 1. The number of alkyl halides is 3. The Morgan fingerprint density at radius 3 is 2.54 bits per heavy atom. The number of hydrogen-bond acceptors (Lipinski definition) is 3. The van der Waals surface area contributed by atoms with Crippen molar-refractivity contribution in [2.24, 2.45) is 52.8 Å². The van der Waals surface area contributed by atoms with E-state index in [4.69, 9.17) is 0 Å². The highest BCUT2D eigenvalue weighted by molar-refractivity contribution is 5.82. The second-order valence-electron chi connectivity index (χ2n) is 13.8. The first-order valence-electron chi connectivity index (χ1n) is 15.0. The quantitative estimate of drug-likeness (QED) is 0.435. The fourth-order valence-corrected chi connectivity index (χ4v) is 10.2. The topological polar surface area (TPSA) is 38.1 Å². The molecule has 5 fully saturated rings. The Bertz CT molecular complexity index is 985. The minimum atomic E-state index is -4.43. The van der Waals surface area contributed by atoms with Gasteiger partial charge < -0.3 is 4.90 Å². The maximum absolute atomic E-state index is 13.8. The molecule has 0 aromatic carbocycles. The van der Waals surface area contributed by atoms with Gasteiger partial charge in [-0.1, -0.05) is 20.3 Å². The molecule has 0 spiro atoms. The van der Waals surface area contributed by atoms with Crippen LogP contribution in [-0.2, 0) is 17.5 Å². The molecule has 0 radical (unpaired) electrons. The van der Waals surface area contributed by atoms with Crippen molar-refractivity contribution in [1.29, 1.82) is 0 Å². The Morgan fingerprint density at radius 2 is 1.81 bits per heavy atom. The molecule has 1 aliphatic heterocycles. The van der Waals surface area contributed by atoms with Gasteiger partial charge in [-0.15, -0.1) is 0 Å². The molecule has 2 heterocycles. The van der Waals surface area contributed by atoms with Crippen LogP contribution in [0.3, 0.4) is 0 Å². The van der Waals surface area contributed by atoms with Crippen molar-refractivity contribution in [2.45, 2.75) is 90.8 Å². The average molecular weight is 520 g/mol. The van der Waals surface area contributed by atoms with Gasteiger partial charge in [-0.3, -0.25) is 9.48 Å². The molecule has 206 valence electrons. The summed E-state index contributed by atoms with van der Waals surface area (Å²) in [5.41, 5.74) is -0.820. The van der Waals surface area contributed by atoms with Crippen molar-refractivity contribution in [1.82, 2.24) is 14.7 Å². The van der Waals surface area contributed by atoms with E-state index in [1.54, 1.807) is 0 Å². The molecule has 0 amide bonds. The number of Topliss-reactive ketones (excluding diaryl/α,β-unsaturated/α-hetero) is 1. The third-order valence-corrected chi connectivity index (χ3v) is 11.7. The van der Waals surface area contributed by atoms with E-state index >= 15 is 0 Å². The number of rotatable bonds is 5. The van der Waals surface area contributed by atoms with E-state index in [1.165, 1.54) is 69.1 Å². The molecular formula is C30H44F3N3O. The van der Waals surface area contributed by atoms with E-state index < -0.39 is 11.7 Å². The summed E-state index contributed by atoms with van der Waals surface area (Å²) < 4.78 is 40.6. The first kappa shape index (κ1) is 25.9. The fraction of sp³-hybridized carbons (Fsp3) is 0.867. The number of hydrogen-bond donors (Lipinski definition) is 0. The number of ketones is 1. The Kier molecular flexibility index (Phi) is 6.77. The van der Waals surface area contributed by atoms with Crippen molar-refractivity contribution >= 4 is 5.78 Å². The Hall–Kier alpha value is -1.37. The normalized spacial score (nSPS) is 42.3. The van der Waals surface area contributed by atoms with Crippen LogP contribution in [0, 0.1) is 52.8 Å². The van der Waals surface area contributed by atoms with Crippen LogP contribution >= 0.6 is 0 Å². The van der Waals surface area contributed by atoms with E-state index in [-0.39, 0.29) is 23.7 Å². The third kappa shape index (κ3) is 4.69. The molecule has 1 aromatic rings. The zero-order chi connectivity index (χ0) is 25.9. The highest BCUT2D eigenvalue weighted by Crippen LogP contribution is 2.66. The summed E-state index contributed by atoms with van der Waals surface area (Å²) in [6, 6.07) is 0. The van der Waals surface area contributed by atoms with Gasteiger partial charge in [-0.25, -0.2) is 0 Å². The largest absolute Gasteiger partial charge is 0.419 e. The van der Waals surface area contributed by atoms with Gasteiger partial charge in [-0.05, 0) is 118 Å². The summed E-state index contributed by atoms with van der Waals surface area (Å²) in [5.74, 6) is 5.24. The minimum Gasteiger partial charge on any atom is -0.303 e. The van der Waals surface area contributed by atoms with Gasteiger partial charge in [0.25, 0.3) is 0 Å². The second-order valence-corrected chi connectivity index (χ2v) is 13.8. The van der Waals surface area contributed by atoms with Gasteiger partial charge in [0.1, 0.15) is 0 Å². The van der Waals surface area contributed by atoms with E-state index in [2.05, 4.69) is 23.8 Å². The molecule has 9 atom stereocenters. The maximum Gasteiger partial charge on any atom is 0.419 e. The zero-order valence-electron chi connectivity index (χ0n) is 22.6. The maximum atomic E-state index is 13.8. The van der Waals surface area contributed by atoms with Crippen molar-refractivity contribution in [3.8, 4) is 0 Å². The smallest absolute Gasteiger partial charge is 0.303 e. The number of likely N-dealkylation sites (tertiary alicyclic amines) is 1. The highest BCUT2D eigenvalue weighted by Gasteiger charge is 2.61. The van der Waals surface area contributed by atoms with E-state index in [0.29, 0.717) is 17.8 Å². The summed E-state index contributed by atoms with van der Waals surface area (Å²) in [6.45, 7) is 8.19. The highest BCUT2D eigenvalue weighted by atomic mass is 19.4. The number of carbonyl (C=O) groups is 1. The summed E-state index contributed by atoms with van der Waals surface area (Å²) >= 11 is 0. The van der Waals surface area contributed by atoms with Crippen molar-refractivity contribution in [2.75, 3.05) is 19.6 Å². The van der Waals surface area contributed by atoms with Crippen molar-refractivity contribution in [3.05, 3.63) is 18.0 Å². The van der Waals surface area contributed by atoms with E-state index in [0.717, 1.165) is 55.5 Å². The first-order chi connectivity index (χ1) is 17.6. The molecule has 4 aliphatic carbocycles. The average Bonchev–Trinajstić information content (AvgIpc) is 3.58. The van der Waals surface area contributed by atoms with Gasteiger partial charge in [0, 0.05) is 18.7 Å². The lowest BCUT2D eigenvalue weighted by atomic mass is 9.48. The van der Waals surface area contributed by atoms with E-state index in [9.17, 15) is 18.0 Å². The molecule has 9 unspecified atom stereocenters. The molecule has 6 rings (SSSR count). The van der Waals surface area contributed by atoms with Gasteiger partial charge in [0.05, 0.1) is 18.3 Å². The zero-order valence-corrected chi connectivity index (χ0v) is 22.6. The van der Waals surface area contributed by atoms with Gasteiger partial charge in [0.2, 0.25) is 0 Å². The summed E-state index contributed by atoms with van der Waals surface area (Å²) in [5, 5.41) is 3.91. The van der Waals surface area contributed by atoms with Crippen LogP contribution in [0.15, 0.2) is 12.4 Å². The van der Waals surface area contributed by atoms with Crippen LogP contribution in [0.5, 0.6) is 0 Å². The third-order valence-electron chi connectivity index (χ3n) is 11.7. The number of aromatic nitrogens is 2. The molecule has 5 aliphatic rings. The Balaban J connectivity index is 1.25. The Labute approximate surface area is 219 Å². The Morgan fingerprint density at radius 1 is 1.05 bits per heavy atom. The van der Waals surface area contributed by atoms with Crippen LogP contribution in [-0.4, -0.2) is 40.1 Å².